The van der Waals surface area contributed by atoms with Crippen molar-refractivity contribution < 1.29 is 17.9 Å². The standard InChI is InChI=1S/C18H24N6O4S/c1-10(2)21-18(25)28-13-4-3-11(5-13)14-7-17(24-23-14)22-12-6-16-15(19-8-12)9-20-29(16,26)27/h6-8,10-11,13,20H,3-5,9H2,1-2H3,(H,21,25)(H2,22,23,24)/t11-,13+/m0/s1. The number of aromatic amines is 1. The first-order valence-electron chi connectivity index (χ1n) is 9.58. The van der Waals surface area contributed by atoms with Crippen LogP contribution < -0.4 is 15.4 Å². The van der Waals surface area contributed by atoms with Crippen molar-refractivity contribution >= 4 is 27.6 Å². The van der Waals surface area contributed by atoms with Gasteiger partial charge in [0.15, 0.2) is 5.82 Å². The van der Waals surface area contributed by atoms with Crippen LogP contribution in [0.25, 0.3) is 0 Å². The molecule has 29 heavy (non-hydrogen) atoms. The van der Waals surface area contributed by atoms with E-state index in [1.807, 2.05) is 19.9 Å². The summed E-state index contributed by atoms with van der Waals surface area (Å²) in [4.78, 5) is 16.2. The first-order chi connectivity index (χ1) is 13.8. The van der Waals surface area contributed by atoms with Gasteiger partial charge in [0.05, 0.1) is 24.1 Å². The molecule has 2 aromatic heterocycles. The molecule has 2 aromatic rings. The number of pyridine rings is 1. The summed E-state index contributed by atoms with van der Waals surface area (Å²) in [6.07, 6.45) is 3.52. The third-order valence-corrected chi connectivity index (χ3v) is 6.48. The average Bonchev–Trinajstić information content (AvgIpc) is 3.35. The highest BCUT2D eigenvalue weighted by Crippen LogP contribution is 2.36. The Balaban J connectivity index is 1.38. The van der Waals surface area contributed by atoms with Crippen LogP contribution in [0.15, 0.2) is 23.2 Å². The molecule has 4 N–H and O–H groups in total. The fourth-order valence-electron chi connectivity index (χ4n) is 3.66. The number of hydrogen-bond acceptors (Lipinski definition) is 7. The molecule has 1 amide bonds. The maximum Gasteiger partial charge on any atom is 0.407 e. The third kappa shape index (κ3) is 4.35. The van der Waals surface area contributed by atoms with Gasteiger partial charge in [-0.1, -0.05) is 0 Å². The number of rotatable bonds is 5. The van der Waals surface area contributed by atoms with Crippen molar-refractivity contribution in [3.8, 4) is 0 Å². The SMILES string of the molecule is CC(C)NC(=O)O[C@@H]1CC[C@H](c2cc(Nc3cnc4c(c3)S(=O)(=O)NC4)n[nH]2)C1. The molecular formula is C18H24N6O4S. The van der Waals surface area contributed by atoms with E-state index in [4.69, 9.17) is 4.74 Å². The molecule has 0 unspecified atom stereocenters. The number of aromatic nitrogens is 3. The van der Waals surface area contributed by atoms with E-state index in [1.165, 1.54) is 0 Å². The van der Waals surface area contributed by atoms with Gasteiger partial charge in [-0.3, -0.25) is 10.1 Å². The van der Waals surface area contributed by atoms with Crippen LogP contribution in [-0.2, 0) is 21.3 Å². The molecule has 0 spiro atoms. The van der Waals surface area contributed by atoms with E-state index in [9.17, 15) is 13.2 Å². The Kier molecular flexibility index (Phi) is 5.17. The average molecular weight is 420 g/mol. The van der Waals surface area contributed by atoms with E-state index < -0.39 is 10.0 Å². The molecule has 0 saturated heterocycles. The number of anilines is 2. The molecule has 2 aliphatic rings. The molecule has 4 rings (SSSR count). The second-order valence-electron chi connectivity index (χ2n) is 7.66. The maximum absolute atomic E-state index is 12.0. The van der Waals surface area contributed by atoms with Gasteiger partial charge in [-0.25, -0.2) is 17.9 Å². The second kappa shape index (κ2) is 7.64. The zero-order valence-electron chi connectivity index (χ0n) is 16.2. The number of hydrogen-bond donors (Lipinski definition) is 4. The second-order valence-corrected chi connectivity index (χ2v) is 9.40. The molecule has 1 aliphatic carbocycles. The normalized spacial score (nSPS) is 22.4. The number of sulfonamides is 1. The molecule has 0 radical (unpaired) electrons. The predicted molar refractivity (Wildman–Crippen MR) is 105 cm³/mol. The van der Waals surface area contributed by atoms with Crippen LogP contribution in [0.2, 0.25) is 0 Å². The third-order valence-electron chi connectivity index (χ3n) is 5.02. The lowest BCUT2D eigenvalue weighted by Gasteiger charge is -2.14. The van der Waals surface area contributed by atoms with Crippen LogP contribution in [0.3, 0.4) is 0 Å². The lowest BCUT2D eigenvalue weighted by Crippen LogP contribution is -2.33. The fraction of sp³-hybridized carbons (Fsp3) is 0.500. The minimum Gasteiger partial charge on any atom is -0.446 e. The van der Waals surface area contributed by atoms with Gasteiger partial charge in [0.2, 0.25) is 10.0 Å². The summed E-state index contributed by atoms with van der Waals surface area (Å²) in [5.74, 6) is 0.796. The van der Waals surface area contributed by atoms with Crippen molar-refractivity contribution in [2.45, 2.75) is 62.6 Å². The number of H-pyrrole nitrogens is 1. The summed E-state index contributed by atoms with van der Waals surface area (Å²) in [5, 5.41) is 13.1. The zero-order chi connectivity index (χ0) is 20.6. The van der Waals surface area contributed by atoms with Gasteiger partial charge in [0.25, 0.3) is 0 Å². The highest BCUT2D eigenvalue weighted by Gasteiger charge is 2.30. The zero-order valence-corrected chi connectivity index (χ0v) is 17.0. The number of nitrogens with zero attached hydrogens (tertiary/aromatic N) is 2. The lowest BCUT2D eigenvalue weighted by atomic mass is 10.0. The van der Waals surface area contributed by atoms with E-state index in [0.29, 0.717) is 17.2 Å². The van der Waals surface area contributed by atoms with Gasteiger partial charge in [0, 0.05) is 23.7 Å². The molecule has 1 aliphatic heterocycles. The minimum absolute atomic E-state index is 0.0421. The highest BCUT2D eigenvalue weighted by atomic mass is 32.2. The molecule has 10 nitrogen and oxygen atoms in total. The Morgan fingerprint density at radius 1 is 1.31 bits per heavy atom. The molecule has 1 saturated carbocycles. The summed E-state index contributed by atoms with van der Waals surface area (Å²) >= 11 is 0. The molecular weight excluding hydrogens is 396 g/mol. The van der Waals surface area contributed by atoms with E-state index in [-0.39, 0.29) is 35.6 Å². The topological polar surface area (TPSA) is 138 Å². The van der Waals surface area contributed by atoms with E-state index in [0.717, 1.165) is 25.0 Å². The van der Waals surface area contributed by atoms with Crippen LogP contribution in [0, 0.1) is 0 Å². The summed E-state index contributed by atoms with van der Waals surface area (Å²) < 4.78 is 31.8. The van der Waals surface area contributed by atoms with Crippen LogP contribution in [0.1, 0.15) is 50.4 Å². The van der Waals surface area contributed by atoms with Crippen LogP contribution in [0.4, 0.5) is 16.3 Å². The van der Waals surface area contributed by atoms with Crippen molar-refractivity contribution in [2.24, 2.45) is 0 Å². The fourth-order valence-corrected chi connectivity index (χ4v) is 4.86. The van der Waals surface area contributed by atoms with E-state index in [2.05, 4.69) is 30.5 Å². The Labute approximate surface area is 168 Å². The number of carbonyl (C=O) groups excluding carboxylic acids is 1. The summed E-state index contributed by atoms with van der Waals surface area (Å²) in [6.45, 7) is 3.99. The van der Waals surface area contributed by atoms with Crippen molar-refractivity contribution in [1.82, 2.24) is 25.2 Å². The Hall–Kier alpha value is -2.66. The van der Waals surface area contributed by atoms with Crippen molar-refractivity contribution in [3.63, 3.8) is 0 Å². The number of carbonyl (C=O) groups is 1. The van der Waals surface area contributed by atoms with Crippen molar-refractivity contribution in [3.05, 3.63) is 29.7 Å². The lowest BCUT2D eigenvalue weighted by molar-refractivity contribution is 0.0981. The Bertz CT molecular complexity index is 1020. The van der Waals surface area contributed by atoms with Gasteiger partial charge < -0.3 is 15.4 Å². The maximum atomic E-state index is 12.0. The van der Waals surface area contributed by atoms with Gasteiger partial charge in [-0.2, -0.15) is 5.10 Å². The molecule has 1 fully saturated rings. The van der Waals surface area contributed by atoms with Gasteiger partial charge in [0.1, 0.15) is 11.0 Å². The summed E-state index contributed by atoms with van der Waals surface area (Å²) in [6, 6.07) is 3.49. The van der Waals surface area contributed by atoms with Gasteiger partial charge in [-0.15, -0.1) is 0 Å². The predicted octanol–water partition coefficient (Wildman–Crippen LogP) is 2.11. The number of nitrogens with one attached hydrogen (secondary N) is 4. The Morgan fingerprint density at radius 2 is 2.14 bits per heavy atom. The number of amides is 1. The Morgan fingerprint density at radius 3 is 2.93 bits per heavy atom. The molecule has 0 bridgehead atoms. The first-order valence-corrected chi connectivity index (χ1v) is 11.1. The number of ether oxygens (including phenoxy) is 1. The van der Waals surface area contributed by atoms with Crippen molar-refractivity contribution in [2.75, 3.05) is 5.32 Å². The quantitative estimate of drug-likeness (QED) is 0.581. The van der Waals surface area contributed by atoms with E-state index in [1.54, 1.807) is 12.3 Å². The van der Waals surface area contributed by atoms with Crippen LogP contribution in [-0.4, -0.2) is 41.8 Å². The van der Waals surface area contributed by atoms with Gasteiger partial charge in [-0.05, 0) is 39.2 Å². The smallest absolute Gasteiger partial charge is 0.407 e. The molecule has 3 heterocycles. The molecule has 2 atom stereocenters. The minimum atomic E-state index is -3.48. The summed E-state index contributed by atoms with van der Waals surface area (Å²) in [7, 11) is -3.48. The summed E-state index contributed by atoms with van der Waals surface area (Å²) in [5.41, 5.74) is 2.01. The molecule has 0 aromatic carbocycles. The number of fused-ring (bicyclic) bond motifs is 1. The van der Waals surface area contributed by atoms with E-state index >= 15 is 0 Å². The van der Waals surface area contributed by atoms with Crippen LogP contribution in [0.5, 0.6) is 0 Å². The molecule has 156 valence electrons. The number of alkyl carbamates (subject to hydrolysis) is 1. The van der Waals surface area contributed by atoms with Crippen molar-refractivity contribution in [1.29, 1.82) is 0 Å². The van der Waals surface area contributed by atoms with Crippen LogP contribution >= 0.6 is 0 Å². The molecule has 11 heteroatoms. The monoisotopic (exact) mass is 420 g/mol. The highest BCUT2D eigenvalue weighted by molar-refractivity contribution is 7.89. The largest absolute Gasteiger partial charge is 0.446 e. The first kappa shape index (κ1) is 19.6. The van der Waals surface area contributed by atoms with Gasteiger partial charge >= 0.3 is 6.09 Å².